The van der Waals surface area contributed by atoms with Gasteiger partial charge in [-0.05, 0) is 30.7 Å². The number of halogens is 5. The van der Waals surface area contributed by atoms with Crippen LogP contribution in [0.2, 0.25) is 0 Å². The van der Waals surface area contributed by atoms with Crippen molar-refractivity contribution in [3.8, 4) is 22.7 Å². The van der Waals surface area contributed by atoms with Crippen LogP contribution >= 0.6 is 11.3 Å². The molecule has 3 rings (SSSR count). The third kappa shape index (κ3) is 4.38. The molecule has 0 N–H and O–H groups in total. The maximum Gasteiger partial charge on any atom is 0.573 e. The third-order valence-electron chi connectivity index (χ3n) is 4.05. The number of benzene rings is 2. The van der Waals surface area contributed by atoms with Gasteiger partial charge in [-0.2, -0.15) is 0 Å². The molecule has 30 heavy (non-hydrogen) atoms. The summed E-state index contributed by atoms with van der Waals surface area (Å²) >= 11 is 0.605. The summed E-state index contributed by atoms with van der Waals surface area (Å²) in [6.45, 7) is 1.36. The monoisotopic (exact) mass is 465 g/mol. The minimum absolute atomic E-state index is 0.0758. The molecule has 0 aliphatic carbocycles. The number of aromatic nitrogens is 1. The molecule has 0 bridgehead atoms. The van der Waals surface area contributed by atoms with E-state index in [2.05, 4.69) is 4.74 Å². The minimum atomic E-state index is -4.97. The van der Waals surface area contributed by atoms with Crippen LogP contribution in [0.25, 0.3) is 16.9 Å². The molecule has 0 atom stereocenters. The molecule has 0 spiro atoms. The fourth-order valence-electron chi connectivity index (χ4n) is 2.71. The highest BCUT2D eigenvalue weighted by molar-refractivity contribution is 7.90. The van der Waals surface area contributed by atoms with Crippen molar-refractivity contribution in [1.82, 2.24) is 4.57 Å². The van der Waals surface area contributed by atoms with Crippen LogP contribution in [-0.2, 0) is 9.84 Å². The maximum atomic E-state index is 14.6. The molecule has 0 fully saturated rings. The van der Waals surface area contributed by atoms with Crippen LogP contribution in [0.1, 0.15) is 5.56 Å². The van der Waals surface area contributed by atoms with Crippen molar-refractivity contribution in [2.45, 2.75) is 18.2 Å². The van der Waals surface area contributed by atoms with Crippen LogP contribution in [-0.4, -0.2) is 25.6 Å². The molecular formula is C18H12F5NO4S2. The predicted octanol–water partition coefficient (Wildman–Crippen LogP) is 4.45. The van der Waals surface area contributed by atoms with E-state index in [1.54, 1.807) is 0 Å². The van der Waals surface area contributed by atoms with Crippen LogP contribution in [0.3, 0.4) is 0 Å². The van der Waals surface area contributed by atoms with Gasteiger partial charge in [-0.15, -0.1) is 13.2 Å². The molecule has 0 saturated carbocycles. The molecule has 3 aromatic rings. The number of aryl methyl sites for hydroxylation is 1. The lowest BCUT2D eigenvalue weighted by Gasteiger charge is -2.14. The SMILES string of the molecule is Cc1ccc(-n2c(-c3cc(F)c(S(C)(=O)=O)cc3F)csc2=O)cc1OC(F)(F)F. The van der Waals surface area contributed by atoms with E-state index in [4.69, 9.17) is 0 Å². The summed E-state index contributed by atoms with van der Waals surface area (Å²) in [6.07, 6.45) is -4.26. The van der Waals surface area contributed by atoms with Crippen LogP contribution < -0.4 is 9.61 Å². The van der Waals surface area contributed by atoms with E-state index in [0.29, 0.717) is 29.7 Å². The zero-order valence-corrected chi connectivity index (χ0v) is 16.9. The molecular weight excluding hydrogens is 453 g/mol. The van der Waals surface area contributed by atoms with Gasteiger partial charge in [-0.1, -0.05) is 17.4 Å². The number of thiazole rings is 1. The van der Waals surface area contributed by atoms with E-state index in [9.17, 15) is 35.2 Å². The molecule has 12 heteroatoms. The summed E-state index contributed by atoms with van der Waals surface area (Å²) in [5.74, 6) is -2.92. The number of hydrogen-bond donors (Lipinski definition) is 0. The Morgan fingerprint density at radius 3 is 2.33 bits per heavy atom. The zero-order valence-electron chi connectivity index (χ0n) is 15.3. The van der Waals surface area contributed by atoms with Gasteiger partial charge in [0.2, 0.25) is 0 Å². The Bertz CT molecular complexity index is 1290. The van der Waals surface area contributed by atoms with Crippen molar-refractivity contribution in [3.05, 3.63) is 62.6 Å². The molecule has 1 heterocycles. The molecule has 160 valence electrons. The molecule has 0 amide bonds. The van der Waals surface area contributed by atoms with E-state index in [1.807, 2.05) is 0 Å². The first-order chi connectivity index (χ1) is 13.8. The summed E-state index contributed by atoms with van der Waals surface area (Å²) < 4.78 is 94.7. The topological polar surface area (TPSA) is 65.4 Å². The second-order valence-electron chi connectivity index (χ2n) is 6.25. The molecule has 0 aliphatic heterocycles. The summed E-state index contributed by atoms with van der Waals surface area (Å²) in [7, 11) is -4.04. The number of hydrogen-bond acceptors (Lipinski definition) is 5. The van der Waals surface area contributed by atoms with Gasteiger partial charge in [0, 0.05) is 23.3 Å². The van der Waals surface area contributed by atoms with Crippen LogP contribution in [0.5, 0.6) is 5.75 Å². The van der Waals surface area contributed by atoms with Crippen molar-refractivity contribution in [3.63, 3.8) is 0 Å². The highest BCUT2D eigenvalue weighted by Gasteiger charge is 2.32. The average molecular weight is 465 g/mol. The van der Waals surface area contributed by atoms with Gasteiger partial charge in [0.25, 0.3) is 0 Å². The van der Waals surface area contributed by atoms with Crippen molar-refractivity contribution in [1.29, 1.82) is 0 Å². The first-order valence-electron chi connectivity index (χ1n) is 8.05. The smallest absolute Gasteiger partial charge is 0.405 e. The lowest BCUT2D eigenvalue weighted by Crippen LogP contribution is -2.18. The van der Waals surface area contributed by atoms with Gasteiger partial charge in [-0.3, -0.25) is 9.36 Å². The lowest BCUT2D eigenvalue weighted by atomic mass is 10.1. The Labute approximate surface area is 170 Å². The molecule has 5 nitrogen and oxygen atoms in total. The minimum Gasteiger partial charge on any atom is -0.405 e. The normalized spacial score (nSPS) is 12.2. The van der Waals surface area contributed by atoms with Gasteiger partial charge in [-0.25, -0.2) is 17.2 Å². The Morgan fingerprint density at radius 2 is 1.73 bits per heavy atom. The standard InChI is InChI=1S/C18H12F5NO4S2/c1-9-3-4-10(5-15(9)28-18(21,22)23)24-14(8-29-17(24)25)11-6-13(20)16(7-12(11)19)30(2,26)27/h3-8H,1-2H3. The Kier molecular flexibility index (Phi) is 5.50. The van der Waals surface area contributed by atoms with E-state index in [-0.39, 0.29) is 16.9 Å². The van der Waals surface area contributed by atoms with Crippen LogP contribution in [0.15, 0.2) is 45.4 Å². The summed E-state index contributed by atoms with van der Waals surface area (Å²) in [5, 5.41) is 1.18. The number of sulfone groups is 1. The van der Waals surface area contributed by atoms with Crippen LogP contribution in [0.4, 0.5) is 22.0 Å². The van der Waals surface area contributed by atoms with Crippen molar-refractivity contribution < 1.29 is 35.1 Å². The molecule has 0 saturated heterocycles. The second-order valence-corrected chi connectivity index (χ2v) is 9.06. The number of ether oxygens (including phenoxy) is 1. The number of rotatable bonds is 4. The third-order valence-corrected chi connectivity index (χ3v) is 5.88. The van der Waals surface area contributed by atoms with E-state index in [0.717, 1.165) is 10.6 Å². The summed E-state index contributed by atoms with van der Waals surface area (Å²) in [5.41, 5.74) is -0.538. The van der Waals surface area contributed by atoms with Gasteiger partial charge in [0.1, 0.15) is 22.3 Å². The predicted molar refractivity (Wildman–Crippen MR) is 99.8 cm³/mol. The van der Waals surface area contributed by atoms with Crippen molar-refractivity contribution >= 4 is 21.2 Å². The first kappa shape index (κ1) is 22.0. The van der Waals surface area contributed by atoms with Gasteiger partial charge in [0.05, 0.1) is 11.4 Å². The number of alkyl halides is 3. The summed E-state index contributed by atoms with van der Waals surface area (Å²) in [6, 6.07) is 4.63. The van der Waals surface area contributed by atoms with Crippen molar-refractivity contribution in [2.75, 3.05) is 6.26 Å². The average Bonchev–Trinajstić information content (AvgIpc) is 2.98. The fourth-order valence-corrected chi connectivity index (χ4v) is 4.19. The second kappa shape index (κ2) is 7.51. The molecule has 2 aromatic carbocycles. The van der Waals surface area contributed by atoms with Gasteiger partial charge < -0.3 is 4.74 Å². The first-order valence-corrected chi connectivity index (χ1v) is 10.8. The quantitative estimate of drug-likeness (QED) is 0.534. The zero-order chi connectivity index (χ0) is 22.4. The molecule has 0 aliphatic rings. The van der Waals surface area contributed by atoms with Crippen molar-refractivity contribution in [2.24, 2.45) is 0 Å². The Morgan fingerprint density at radius 1 is 1.07 bits per heavy atom. The van der Waals surface area contributed by atoms with E-state index >= 15 is 0 Å². The largest absolute Gasteiger partial charge is 0.573 e. The Balaban J connectivity index is 2.20. The van der Waals surface area contributed by atoms with E-state index < -0.39 is 48.9 Å². The summed E-state index contributed by atoms with van der Waals surface area (Å²) in [4.78, 5) is 10.8. The van der Waals surface area contributed by atoms with Gasteiger partial charge >= 0.3 is 11.2 Å². The van der Waals surface area contributed by atoms with Gasteiger partial charge in [0.15, 0.2) is 9.84 Å². The van der Waals surface area contributed by atoms with Crippen LogP contribution in [0, 0.1) is 18.6 Å². The molecule has 1 aromatic heterocycles. The maximum absolute atomic E-state index is 14.6. The number of nitrogens with zero attached hydrogens (tertiary/aromatic N) is 1. The van der Waals surface area contributed by atoms with E-state index in [1.165, 1.54) is 24.4 Å². The molecule has 0 unspecified atom stereocenters. The fraction of sp³-hybridized carbons (Fsp3) is 0.167. The highest BCUT2D eigenvalue weighted by atomic mass is 32.2. The Hall–Kier alpha value is -2.73. The highest BCUT2D eigenvalue weighted by Crippen LogP contribution is 2.32. The molecule has 0 radical (unpaired) electrons. The lowest BCUT2D eigenvalue weighted by molar-refractivity contribution is -0.274.